The number of aromatic hydroxyl groups is 2. The lowest BCUT2D eigenvalue weighted by atomic mass is 9.63. The van der Waals surface area contributed by atoms with Gasteiger partial charge in [-0.25, -0.2) is 0 Å². The van der Waals surface area contributed by atoms with E-state index >= 15 is 0 Å². The molecule has 0 aromatic heterocycles. The fraction of sp³-hybridized carbons (Fsp3) is 0.190. The Morgan fingerprint density at radius 1 is 0.962 bits per heavy atom. The molecule has 4 nitrogen and oxygen atoms in total. The molecule has 0 aliphatic heterocycles. The van der Waals surface area contributed by atoms with Crippen LogP contribution < -0.4 is 5.32 Å². The Morgan fingerprint density at radius 2 is 1.69 bits per heavy atom. The zero-order valence-electron chi connectivity index (χ0n) is 14.0. The Bertz CT molecular complexity index is 1010. The number of nitrogens with one attached hydrogen (secondary N) is 1. The van der Waals surface area contributed by atoms with Crippen molar-refractivity contribution in [2.24, 2.45) is 0 Å². The van der Waals surface area contributed by atoms with E-state index in [-0.39, 0.29) is 28.1 Å². The Balaban J connectivity index is 1.69. The molecule has 0 bridgehead atoms. The molecule has 1 amide bonds. The van der Waals surface area contributed by atoms with Crippen molar-refractivity contribution in [3.8, 4) is 11.5 Å². The third-order valence-corrected chi connectivity index (χ3v) is 5.56. The minimum absolute atomic E-state index is 0.0754. The number of hydrogen-bond acceptors (Lipinski definition) is 3. The molecule has 3 aromatic rings. The number of halogens is 1. The molecule has 132 valence electrons. The SMILES string of the molecule is O=C(Nc1cc(Cl)c(O)cc1O)C1(c2ccc3ccccc3c2)CCC1. The van der Waals surface area contributed by atoms with Crippen molar-refractivity contribution in [2.45, 2.75) is 24.7 Å². The molecule has 5 heteroatoms. The van der Waals surface area contributed by atoms with Gasteiger partial charge in [0, 0.05) is 6.07 Å². The maximum Gasteiger partial charge on any atom is 0.235 e. The summed E-state index contributed by atoms with van der Waals surface area (Å²) in [5.74, 6) is -0.612. The van der Waals surface area contributed by atoms with E-state index in [0.717, 1.165) is 41.7 Å². The minimum atomic E-state index is -0.610. The van der Waals surface area contributed by atoms with Gasteiger partial charge in [-0.15, -0.1) is 0 Å². The van der Waals surface area contributed by atoms with E-state index in [2.05, 4.69) is 11.4 Å². The van der Waals surface area contributed by atoms with Crippen LogP contribution in [0, 0.1) is 0 Å². The van der Waals surface area contributed by atoms with Crippen LogP contribution in [0.3, 0.4) is 0 Å². The second-order valence-electron chi connectivity index (χ2n) is 6.77. The first-order valence-corrected chi connectivity index (χ1v) is 8.90. The van der Waals surface area contributed by atoms with Gasteiger partial charge in [-0.2, -0.15) is 0 Å². The summed E-state index contributed by atoms with van der Waals surface area (Å²) in [7, 11) is 0. The third-order valence-electron chi connectivity index (χ3n) is 5.26. The zero-order valence-corrected chi connectivity index (χ0v) is 14.8. The van der Waals surface area contributed by atoms with Gasteiger partial charge in [-0.3, -0.25) is 4.79 Å². The highest BCUT2D eigenvalue weighted by atomic mass is 35.5. The standard InChI is InChI=1S/C21H18ClNO3/c22-16-11-17(19(25)12-18(16)24)23-20(26)21(8-3-9-21)15-7-6-13-4-1-2-5-14(13)10-15/h1-2,4-7,10-12,24-25H,3,8-9H2,(H,23,26). The van der Waals surface area contributed by atoms with Gasteiger partial charge in [0.25, 0.3) is 0 Å². The van der Waals surface area contributed by atoms with E-state index < -0.39 is 5.41 Å². The number of phenolic OH excluding ortho intramolecular Hbond substituents is 2. The molecule has 0 spiro atoms. The second-order valence-corrected chi connectivity index (χ2v) is 7.18. The number of rotatable bonds is 3. The highest BCUT2D eigenvalue weighted by Gasteiger charge is 2.45. The smallest absolute Gasteiger partial charge is 0.235 e. The van der Waals surface area contributed by atoms with Gasteiger partial charge in [0.2, 0.25) is 5.91 Å². The summed E-state index contributed by atoms with van der Waals surface area (Å²) in [6, 6.07) is 16.6. The summed E-state index contributed by atoms with van der Waals surface area (Å²) in [4.78, 5) is 13.1. The van der Waals surface area contributed by atoms with Gasteiger partial charge in [0.1, 0.15) is 11.5 Å². The Labute approximate surface area is 156 Å². The van der Waals surface area contributed by atoms with Gasteiger partial charge < -0.3 is 15.5 Å². The average molecular weight is 368 g/mol. The van der Waals surface area contributed by atoms with Gasteiger partial charge in [-0.05, 0) is 35.2 Å². The molecule has 0 heterocycles. The van der Waals surface area contributed by atoms with Crippen LogP contribution in [-0.2, 0) is 10.2 Å². The summed E-state index contributed by atoms with van der Waals surface area (Å²) in [6.45, 7) is 0. The summed E-state index contributed by atoms with van der Waals surface area (Å²) >= 11 is 5.90. The number of carbonyl (C=O) groups excluding carboxylic acids is 1. The molecule has 1 aliphatic carbocycles. The number of hydrogen-bond donors (Lipinski definition) is 3. The predicted octanol–water partition coefficient (Wildman–Crippen LogP) is 4.96. The zero-order chi connectivity index (χ0) is 18.3. The number of benzene rings is 3. The fourth-order valence-electron chi connectivity index (χ4n) is 3.56. The lowest BCUT2D eigenvalue weighted by molar-refractivity contribution is -0.124. The topological polar surface area (TPSA) is 69.6 Å². The summed E-state index contributed by atoms with van der Waals surface area (Å²) in [5, 5.41) is 24.6. The molecule has 1 saturated carbocycles. The molecule has 1 aliphatic rings. The van der Waals surface area contributed by atoms with E-state index in [1.54, 1.807) is 0 Å². The number of amides is 1. The van der Waals surface area contributed by atoms with E-state index in [1.807, 2.05) is 36.4 Å². The minimum Gasteiger partial charge on any atom is -0.506 e. The van der Waals surface area contributed by atoms with Crippen molar-refractivity contribution in [2.75, 3.05) is 5.32 Å². The third kappa shape index (κ3) is 2.67. The molecule has 4 rings (SSSR count). The second kappa shape index (κ2) is 6.22. The number of anilines is 1. The maximum atomic E-state index is 13.1. The number of carbonyl (C=O) groups is 1. The normalized spacial score (nSPS) is 15.4. The Kier molecular flexibility index (Phi) is 4.00. The van der Waals surface area contributed by atoms with E-state index in [0.29, 0.717) is 0 Å². The molecule has 1 fully saturated rings. The molecular weight excluding hydrogens is 350 g/mol. The molecule has 3 N–H and O–H groups in total. The molecular formula is C21H18ClNO3. The highest BCUT2D eigenvalue weighted by Crippen LogP contribution is 2.46. The van der Waals surface area contributed by atoms with Crippen LogP contribution in [0.15, 0.2) is 54.6 Å². The van der Waals surface area contributed by atoms with Gasteiger partial charge >= 0.3 is 0 Å². The van der Waals surface area contributed by atoms with Crippen LogP contribution in [0.4, 0.5) is 5.69 Å². The molecule has 3 aromatic carbocycles. The molecule has 26 heavy (non-hydrogen) atoms. The quantitative estimate of drug-likeness (QED) is 0.452. The van der Waals surface area contributed by atoms with Gasteiger partial charge in [-0.1, -0.05) is 60.5 Å². The first kappa shape index (κ1) is 16.7. The van der Waals surface area contributed by atoms with Crippen LogP contribution in [0.25, 0.3) is 10.8 Å². The molecule has 0 saturated heterocycles. The Hall–Kier alpha value is -2.72. The Morgan fingerprint density at radius 3 is 2.38 bits per heavy atom. The van der Waals surface area contributed by atoms with Crippen molar-refractivity contribution in [1.29, 1.82) is 0 Å². The lowest BCUT2D eigenvalue weighted by Crippen LogP contribution is -2.46. The van der Waals surface area contributed by atoms with E-state index in [1.165, 1.54) is 6.07 Å². The summed E-state index contributed by atoms with van der Waals surface area (Å²) in [5.41, 5.74) is 0.565. The molecule has 0 radical (unpaired) electrons. The van der Waals surface area contributed by atoms with Crippen LogP contribution in [-0.4, -0.2) is 16.1 Å². The van der Waals surface area contributed by atoms with Crippen LogP contribution in [0.2, 0.25) is 5.02 Å². The average Bonchev–Trinajstić information content (AvgIpc) is 2.58. The van der Waals surface area contributed by atoms with Crippen molar-refractivity contribution >= 4 is 34.0 Å². The van der Waals surface area contributed by atoms with Gasteiger partial charge in [0.05, 0.1) is 16.1 Å². The van der Waals surface area contributed by atoms with Crippen molar-refractivity contribution in [1.82, 2.24) is 0 Å². The number of fused-ring (bicyclic) bond motifs is 1. The van der Waals surface area contributed by atoms with Crippen LogP contribution >= 0.6 is 11.6 Å². The fourth-order valence-corrected chi connectivity index (χ4v) is 3.72. The molecule has 0 unspecified atom stereocenters. The van der Waals surface area contributed by atoms with E-state index in [9.17, 15) is 15.0 Å². The molecule has 0 atom stereocenters. The monoisotopic (exact) mass is 367 g/mol. The van der Waals surface area contributed by atoms with E-state index in [4.69, 9.17) is 11.6 Å². The lowest BCUT2D eigenvalue weighted by Gasteiger charge is -2.41. The predicted molar refractivity (Wildman–Crippen MR) is 103 cm³/mol. The van der Waals surface area contributed by atoms with Crippen LogP contribution in [0.5, 0.6) is 11.5 Å². The van der Waals surface area contributed by atoms with Crippen molar-refractivity contribution < 1.29 is 15.0 Å². The first-order valence-electron chi connectivity index (χ1n) is 8.52. The maximum absolute atomic E-state index is 13.1. The van der Waals surface area contributed by atoms with Crippen molar-refractivity contribution in [3.05, 3.63) is 65.2 Å². The van der Waals surface area contributed by atoms with Gasteiger partial charge in [0.15, 0.2) is 0 Å². The van der Waals surface area contributed by atoms with Crippen LogP contribution in [0.1, 0.15) is 24.8 Å². The summed E-state index contributed by atoms with van der Waals surface area (Å²) in [6.07, 6.45) is 2.48. The number of phenols is 2. The van der Waals surface area contributed by atoms with Crippen molar-refractivity contribution in [3.63, 3.8) is 0 Å². The first-order chi connectivity index (χ1) is 12.5. The highest BCUT2D eigenvalue weighted by molar-refractivity contribution is 6.32. The summed E-state index contributed by atoms with van der Waals surface area (Å²) < 4.78 is 0. The largest absolute Gasteiger partial charge is 0.506 e.